The lowest BCUT2D eigenvalue weighted by Crippen LogP contribution is -2.44. The van der Waals surface area contributed by atoms with E-state index in [9.17, 15) is 18.0 Å². The van der Waals surface area contributed by atoms with Gasteiger partial charge in [0.2, 0.25) is 11.8 Å². The number of aromatic nitrogens is 3. The third kappa shape index (κ3) is 8.16. The van der Waals surface area contributed by atoms with Crippen molar-refractivity contribution in [3.05, 3.63) is 59.4 Å². The van der Waals surface area contributed by atoms with Crippen LogP contribution in [0.25, 0.3) is 0 Å². The molecule has 214 valence electrons. The number of pyridine rings is 1. The molecular formula is C26H29ClF3N7O3. The molecule has 3 aromatic rings. The van der Waals surface area contributed by atoms with Gasteiger partial charge in [-0.25, -0.2) is 14.8 Å². The quantitative estimate of drug-likeness (QED) is 0.354. The SMILES string of the molecule is CN1CCN(CCCOc2ccc(Nc3nccc(N(C)C(=O)Oc4cc(C(F)(F)F)ccc4Cl)n3)cn2)CC1. The maximum atomic E-state index is 13.0. The van der Waals surface area contributed by atoms with E-state index in [0.29, 0.717) is 24.2 Å². The average molecular weight is 580 g/mol. The number of carbonyl (C=O) groups excluding carboxylic acids is 1. The van der Waals surface area contributed by atoms with Crippen molar-refractivity contribution in [2.75, 3.05) is 63.6 Å². The molecule has 0 spiro atoms. The predicted molar refractivity (Wildman–Crippen MR) is 144 cm³/mol. The molecule has 1 amide bonds. The number of benzene rings is 1. The summed E-state index contributed by atoms with van der Waals surface area (Å²) in [4.78, 5) is 31.1. The van der Waals surface area contributed by atoms with Gasteiger partial charge in [0.25, 0.3) is 0 Å². The molecule has 0 radical (unpaired) electrons. The normalized spacial score (nSPS) is 14.6. The van der Waals surface area contributed by atoms with Gasteiger partial charge >= 0.3 is 12.3 Å². The molecular weight excluding hydrogens is 551 g/mol. The van der Waals surface area contributed by atoms with Crippen molar-refractivity contribution in [2.45, 2.75) is 12.6 Å². The maximum absolute atomic E-state index is 13.0. The van der Waals surface area contributed by atoms with Gasteiger partial charge in [-0.1, -0.05) is 11.6 Å². The van der Waals surface area contributed by atoms with Gasteiger partial charge in [-0.05, 0) is 43.8 Å². The van der Waals surface area contributed by atoms with Crippen LogP contribution < -0.4 is 19.7 Å². The monoisotopic (exact) mass is 579 g/mol. The van der Waals surface area contributed by atoms with E-state index >= 15 is 0 Å². The number of nitrogens with one attached hydrogen (secondary N) is 1. The van der Waals surface area contributed by atoms with E-state index in [2.05, 4.69) is 37.1 Å². The van der Waals surface area contributed by atoms with Crippen molar-refractivity contribution in [1.82, 2.24) is 24.8 Å². The molecule has 1 N–H and O–H groups in total. The van der Waals surface area contributed by atoms with Crippen molar-refractivity contribution in [3.63, 3.8) is 0 Å². The number of likely N-dealkylation sites (N-methyl/N-ethyl adjacent to an activating group) is 1. The highest BCUT2D eigenvalue weighted by atomic mass is 35.5. The molecule has 1 aliphatic rings. The van der Waals surface area contributed by atoms with Crippen LogP contribution in [0.5, 0.6) is 11.6 Å². The summed E-state index contributed by atoms with van der Waals surface area (Å²) >= 11 is 5.92. The first-order chi connectivity index (χ1) is 19.1. The number of ether oxygens (including phenoxy) is 2. The van der Waals surface area contributed by atoms with Crippen LogP contribution in [0.4, 0.5) is 35.4 Å². The Kier molecular flexibility index (Phi) is 9.61. The van der Waals surface area contributed by atoms with Crippen LogP contribution in [-0.2, 0) is 6.18 Å². The Hall–Kier alpha value is -3.68. The fourth-order valence-electron chi connectivity index (χ4n) is 3.82. The highest BCUT2D eigenvalue weighted by Gasteiger charge is 2.31. The standard InChI is InChI=1S/C26H29ClF3N7O3/c1-35-11-13-37(14-12-35)10-3-15-39-23-7-5-19(17-32-23)33-24-31-9-8-22(34-24)36(2)25(38)40-21-16-18(26(28,29)30)4-6-20(21)27/h4-9,16-17H,3,10-15H2,1-2H3,(H,31,33,34). The van der Waals surface area contributed by atoms with Crippen LogP contribution in [0, 0.1) is 0 Å². The van der Waals surface area contributed by atoms with Crippen LogP contribution >= 0.6 is 11.6 Å². The second kappa shape index (κ2) is 13.1. The number of carbonyl (C=O) groups is 1. The van der Waals surface area contributed by atoms with E-state index < -0.39 is 23.6 Å². The number of anilines is 3. The van der Waals surface area contributed by atoms with Gasteiger partial charge < -0.3 is 24.6 Å². The zero-order valence-electron chi connectivity index (χ0n) is 22.0. The van der Waals surface area contributed by atoms with Crippen LogP contribution in [-0.4, -0.2) is 84.3 Å². The molecule has 1 aliphatic heterocycles. The molecule has 2 aromatic heterocycles. The van der Waals surface area contributed by atoms with E-state index in [1.807, 2.05) is 0 Å². The van der Waals surface area contributed by atoms with Crippen molar-refractivity contribution < 1.29 is 27.4 Å². The molecule has 0 saturated carbocycles. The molecule has 10 nitrogen and oxygen atoms in total. The number of nitrogens with zero attached hydrogens (tertiary/aromatic N) is 6. The molecule has 0 unspecified atom stereocenters. The first-order valence-corrected chi connectivity index (χ1v) is 12.9. The van der Waals surface area contributed by atoms with Crippen LogP contribution in [0.1, 0.15) is 12.0 Å². The first kappa shape index (κ1) is 29.3. The minimum absolute atomic E-state index is 0.138. The summed E-state index contributed by atoms with van der Waals surface area (Å²) in [6, 6.07) is 7.40. The molecule has 4 rings (SSSR count). The van der Waals surface area contributed by atoms with Gasteiger partial charge in [-0.2, -0.15) is 18.2 Å². The lowest BCUT2D eigenvalue weighted by Gasteiger charge is -2.32. The van der Waals surface area contributed by atoms with E-state index in [4.69, 9.17) is 21.1 Å². The lowest BCUT2D eigenvalue weighted by atomic mass is 10.2. The summed E-state index contributed by atoms with van der Waals surface area (Å²) in [5.41, 5.74) is -0.408. The minimum Gasteiger partial charge on any atom is -0.478 e. The van der Waals surface area contributed by atoms with E-state index in [1.165, 1.54) is 19.3 Å². The molecule has 1 aromatic carbocycles. The molecule has 3 heterocycles. The van der Waals surface area contributed by atoms with Crippen LogP contribution in [0.15, 0.2) is 48.8 Å². The molecule has 40 heavy (non-hydrogen) atoms. The highest BCUT2D eigenvalue weighted by Crippen LogP contribution is 2.35. The van der Waals surface area contributed by atoms with Gasteiger partial charge in [-0.3, -0.25) is 4.90 Å². The molecule has 1 fully saturated rings. The molecule has 0 bridgehead atoms. The summed E-state index contributed by atoms with van der Waals surface area (Å²) in [7, 11) is 3.49. The summed E-state index contributed by atoms with van der Waals surface area (Å²) in [6.07, 6.45) is -1.71. The summed E-state index contributed by atoms with van der Waals surface area (Å²) < 4.78 is 49.9. The zero-order chi connectivity index (χ0) is 28.7. The van der Waals surface area contributed by atoms with Gasteiger partial charge in [0.15, 0.2) is 5.75 Å². The third-order valence-corrected chi connectivity index (χ3v) is 6.48. The number of amides is 1. The largest absolute Gasteiger partial charge is 0.478 e. The maximum Gasteiger partial charge on any atom is 0.420 e. The van der Waals surface area contributed by atoms with Gasteiger partial charge in [0.05, 0.1) is 29.1 Å². The van der Waals surface area contributed by atoms with Gasteiger partial charge in [-0.15, -0.1) is 0 Å². The number of halogens is 4. The lowest BCUT2D eigenvalue weighted by molar-refractivity contribution is -0.137. The first-order valence-electron chi connectivity index (χ1n) is 12.5. The van der Waals surface area contributed by atoms with Crippen LogP contribution in [0.3, 0.4) is 0 Å². The second-order valence-corrected chi connectivity index (χ2v) is 9.57. The predicted octanol–water partition coefficient (Wildman–Crippen LogP) is 4.94. The summed E-state index contributed by atoms with van der Waals surface area (Å²) in [5.74, 6) is 0.374. The fraction of sp³-hybridized carbons (Fsp3) is 0.385. The Morgan fingerprint density at radius 1 is 1.12 bits per heavy atom. The number of piperazine rings is 1. The second-order valence-electron chi connectivity index (χ2n) is 9.17. The molecule has 14 heteroatoms. The zero-order valence-corrected chi connectivity index (χ0v) is 22.7. The third-order valence-electron chi connectivity index (χ3n) is 6.17. The molecule has 1 saturated heterocycles. The van der Waals surface area contributed by atoms with Gasteiger partial charge in [0.1, 0.15) is 5.82 Å². The number of hydrogen-bond acceptors (Lipinski definition) is 9. The Bertz CT molecular complexity index is 1290. The van der Waals surface area contributed by atoms with Crippen molar-refractivity contribution >= 4 is 35.1 Å². The Morgan fingerprint density at radius 3 is 2.60 bits per heavy atom. The fourth-order valence-corrected chi connectivity index (χ4v) is 3.97. The summed E-state index contributed by atoms with van der Waals surface area (Å²) in [6.45, 7) is 5.84. The number of alkyl halides is 3. The van der Waals surface area contributed by atoms with Crippen LogP contribution in [0.2, 0.25) is 5.02 Å². The summed E-state index contributed by atoms with van der Waals surface area (Å²) in [5, 5.41) is 2.84. The van der Waals surface area contributed by atoms with Crippen molar-refractivity contribution in [1.29, 1.82) is 0 Å². The van der Waals surface area contributed by atoms with E-state index in [-0.39, 0.29) is 16.8 Å². The smallest absolute Gasteiger partial charge is 0.420 e. The highest BCUT2D eigenvalue weighted by molar-refractivity contribution is 6.32. The van der Waals surface area contributed by atoms with E-state index in [0.717, 1.165) is 56.2 Å². The molecule has 0 aliphatic carbocycles. The van der Waals surface area contributed by atoms with Crippen molar-refractivity contribution in [2.24, 2.45) is 0 Å². The Labute approximate surface area is 234 Å². The Balaban J connectivity index is 1.29. The average Bonchev–Trinajstić information content (AvgIpc) is 2.93. The van der Waals surface area contributed by atoms with Gasteiger partial charge in [0, 0.05) is 52.0 Å². The molecule has 0 atom stereocenters. The number of hydrogen-bond donors (Lipinski definition) is 1. The number of rotatable bonds is 9. The van der Waals surface area contributed by atoms with Crippen molar-refractivity contribution in [3.8, 4) is 11.6 Å². The minimum atomic E-state index is -4.62. The topological polar surface area (TPSA) is 96.0 Å². The Morgan fingerprint density at radius 2 is 1.90 bits per heavy atom. The van der Waals surface area contributed by atoms with E-state index in [1.54, 1.807) is 18.3 Å².